The fraction of sp³-hybridized carbons (Fsp3) is 0.522. The first-order chi connectivity index (χ1) is 14.8. The number of likely N-dealkylation sites (tertiary alicyclic amines) is 1. The molecule has 164 valence electrons. The summed E-state index contributed by atoms with van der Waals surface area (Å²) in [5.41, 5.74) is 1.87. The van der Waals surface area contributed by atoms with Gasteiger partial charge in [-0.1, -0.05) is 6.07 Å². The molecule has 1 aromatic carbocycles. The molecule has 2 unspecified atom stereocenters. The lowest BCUT2D eigenvalue weighted by molar-refractivity contribution is 0.0527. The third-order valence-corrected chi connectivity index (χ3v) is 6.71. The lowest BCUT2D eigenvalue weighted by Crippen LogP contribution is -2.56. The predicted octanol–water partition coefficient (Wildman–Crippen LogP) is 4.32. The van der Waals surface area contributed by atoms with Crippen molar-refractivity contribution in [2.75, 3.05) is 23.3 Å². The number of aromatic nitrogens is 2. The molecule has 2 atom stereocenters. The van der Waals surface area contributed by atoms with Gasteiger partial charge in [0.1, 0.15) is 29.4 Å². The molecule has 1 N–H and O–H groups in total. The SMILES string of the molecule is Cc1ccc(Nc2ncnc(N3C4CCC3CN(C(=O)OC3(C)CC3)C4)c2C)c(F)c1. The van der Waals surface area contributed by atoms with Crippen LogP contribution in [0.15, 0.2) is 24.5 Å². The molecular formula is C23H28FN5O2. The van der Waals surface area contributed by atoms with Crippen LogP contribution < -0.4 is 10.2 Å². The van der Waals surface area contributed by atoms with E-state index < -0.39 is 0 Å². The van der Waals surface area contributed by atoms with Crippen LogP contribution in [-0.4, -0.2) is 51.7 Å². The van der Waals surface area contributed by atoms with E-state index in [0.717, 1.165) is 42.6 Å². The number of carbonyl (C=O) groups is 1. The normalized spacial score (nSPS) is 23.6. The molecule has 0 spiro atoms. The van der Waals surface area contributed by atoms with Gasteiger partial charge in [0.15, 0.2) is 0 Å². The highest BCUT2D eigenvalue weighted by atomic mass is 19.1. The summed E-state index contributed by atoms with van der Waals surface area (Å²) < 4.78 is 20.0. The Hall–Kier alpha value is -2.90. The number of halogens is 1. The molecular weight excluding hydrogens is 397 g/mol. The van der Waals surface area contributed by atoms with Crippen molar-refractivity contribution in [3.05, 3.63) is 41.5 Å². The van der Waals surface area contributed by atoms with Gasteiger partial charge in [0.25, 0.3) is 0 Å². The number of amides is 1. The number of fused-ring (bicyclic) bond motifs is 2. The summed E-state index contributed by atoms with van der Waals surface area (Å²) in [5.74, 6) is 1.13. The van der Waals surface area contributed by atoms with Crippen LogP contribution in [0.1, 0.15) is 43.7 Å². The summed E-state index contributed by atoms with van der Waals surface area (Å²) in [6.45, 7) is 7.06. The molecule has 3 aliphatic rings. The highest BCUT2D eigenvalue weighted by molar-refractivity contribution is 5.70. The minimum absolute atomic E-state index is 0.191. The van der Waals surface area contributed by atoms with Crippen LogP contribution in [0.2, 0.25) is 0 Å². The minimum atomic E-state index is -0.309. The van der Waals surface area contributed by atoms with Crippen LogP contribution in [0.4, 0.5) is 26.5 Å². The van der Waals surface area contributed by atoms with Gasteiger partial charge in [0.2, 0.25) is 0 Å². The Morgan fingerprint density at radius 1 is 1.19 bits per heavy atom. The average Bonchev–Trinajstić information content (AvgIpc) is 3.40. The highest BCUT2D eigenvalue weighted by Gasteiger charge is 2.46. The van der Waals surface area contributed by atoms with Gasteiger partial charge in [-0.3, -0.25) is 0 Å². The Balaban J connectivity index is 1.35. The summed E-state index contributed by atoms with van der Waals surface area (Å²) in [4.78, 5) is 25.7. The van der Waals surface area contributed by atoms with Crippen LogP contribution >= 0.6 is 0 Å². The Labute approximate surface area is 181 Å². The number of piperazine rings is 1. The van der Waals surface area contributed by atoms with Crippen molar-refractivity contribution in [2.24, 2.45) is 0 Å². The van der Waals surface area contributed by atoms with Crippen molar-refractivity contribution in [1.82, 2.24) is 14.9 Å². The van der Waals surface area contributed by atoms with Crippen molar-refractivity contribution in [3.63, 3.8) is 0 Å². The van der Waals surface area contributed by atoms with Crippen LogP contribution in [0.3, 0.4) is 0 Å². The van der Waals surface area contributed by atoms with E-state index in [4.69, 9.17) is 4.74 Å². The van der Waals surface area contributed by atoms with Gasteiger partial charge in [-0.15, -0.1) is 0 Å². The van der Waals surface area contributed by atoms with E-state index in [0.29, 0.717) is 24.6 Å². The number of rotatable bonds is 4. The lowest BCUT2D eigenvalue weighted by atomic mass is 10.1. The zero-order chi connectivity index (χ0) is 21.8. The maximum Gasteiger partial charge on any atom is 0.410 e. The number of benzene rings is 1. The standard InChI is InChI=1S/C23H28FN5O2/c1-14-4-7-19(18(24)10-14)27-20-15(2)21(26-13-25-20)29-16-5-6-17(29)12-28(11-16)22(30)31-23(3)8-9-23/h4,7,10,13,16-17H,5-6,8-9,11-12H2,1-3H3,(H,25,26,27). The monoisotopic (exact) mass is 425 g/mol. The van der Waals surface area contributed by atoms with E-state index in [2.05, 4.69) is 20.2 Å². The third-order valence-electron chi connectivity index (χ3n) is 6.71. The largest absolute Gasteiger partial charge is 0.443 e. The second-order valence-electron chi connectivity index (χ2n) is 9.29. The van der Waals surface area contributed by atoms with Crippen LogP contribution in [0.5, 0.6) is 0 Å². The number of carbonyl (C=O) groups excluding carboxylic acids is 1. The number of anilines is 3. The molecule has 1 aliphatic carbocycles. The van der Waals surface area contributed by atoms with E-state index in [9.17, 15) is 9.18 Å². The molecule has 2 saturated heterocycles. The first-order valence-corrected chi connectivity index (χ1v) is 10.9. The van der Waals surface area contributed by atoms with E-state index in [-0.39, 0.29) is 29.6 Å². The van der Waals surface area contributed by atoms with Crippen molar-refractivity contribution in [2.45, 2.75) is 64.1 Å². The maximum absolute atomic E-state index is 14.3. The van der Waals surface area contributed by atoms with E-state index >= 15 is 0 Å². The quantitative estimate of drug-likeness (QED) is 0.787. The van der Waals surface area contributed by atoms with Gasteiger partial charge in [-0.05, 0) is 64.2 Å². The molecule has 5 rings (SSSR count). The molecule has 2 aromatic rings. The summed E-state index contributed by atoms with van der Waals surface area (Å²) >= 11 is 0. The van der Waals surface area contributed by atoms with Gasteiger partial charge in [-0.25, -0.2) is 19.2 Å². The van der Waals surface area contributed by atoms with Gasteiger partial charge >= 0.3 is 6.09 Å². The van der Waals surface area contributed by atoms with Gasteiger partial charge in [0.05, 0.1) is 5.69 Å². The van der Waals surface area contributed by atoms with Gasteiger partial charge in [-0.2, -0.15) is 0 Å². The molecule has 3 heterocycles. The molecule has 3 fully saturated rings. The third kappa shape index (κ3) is 3.79. The summed E-state index contributed by atoms with van der Waals surface area (Å²) in [5, 5.41) is 3.12. The number of hydrogen-bond acceptors (Lipinski definition) is 6. The Morgan fingerprint density at radius 3 is 2.55 bits per heavy atom. The summed E-state index contributed by atoms with van der Waals surface area (Å²) in [6.07, 6.45) is 5.22. The molecule has 8 heteroatoms. The van der Waals surface area contributed by atoms with Crippen molar-refractivity contribution in [3.8, 4) is 0 Å². The molecule has 31 heavy (non-hydrogen) atoms. The number of ether oxygens (including phenoxy) is 1. The van der Waals surface area contributed by atoms with Crippen molar-refractivity contribution < 1.29 is 13.9 Å². The zero-order valence-corrected chi connectivity index (χ0v) is 18.2. The number of nitrogens with zero attached hydrogens (tertiary/aromatic N) is 4. The van der Waals surface area contributed by atoms with Gasteiger partial charge < -0.3 is 19.9 Å². The number of aryl methyl sites for hydroxylation is 1. The number of nitrogens with one attached hydrogen (secondary N) is 1. The molecule has 2 bridgehead atoms. The first-order valence-electron chi connectivity index (χ1n) is 10.9. The second-order valence-corrected chi connectivity index (χ2v) is 9.29. The molecule has 1 aromatic heterocycles. The Kier molecular flexibility index (Phi) is 4.75. The van der Waals surface area contributed by atoms with Crippen LogP contribution in [0, 0.1) is 19.7 Å². The van der Waals surface area contributed by atoms with Gasteiger partial charge in [0, 0.05) is 30.7 Å². The zero-order valence-electron chi connectivity index (χ0n) is 18.2. The summed E-state index contributed by atoms with van der Waals surface area (Å²) in [6, 6.07) is 5.47. The fourth-order valence-electron chi connectivity index (χ4n) is 4.63. The summed E-state index contributed by atoms with van der Waals surface area (Å²) in [7, 11) is 0. The van der Waals surface area contributed by atoms with E-state index in [1.807, 2.05) is 31.7 Å². The Morgan fingerprint density at radius 2 is 1.90 bits per heavy atom. The first kappa shape index (κ1) is 20.0. The Bertz CT molecular complexity index is 1010. The highest BCUT2D eigenvalue weighted by Crippen LogP contribution is 2.41. The molecule has 2 aliphatic heterocycles. The topological polar surface area (TPSA) is 70.6 Å². The smallest absolute Gasteiger partial charge is 0.410 e. The van der Waals surface area contributed by atoms with E-state index in [1.165, 1.54) is 12.4 Å². The minimum Gasteiger partial charge on any atom is -0.443 e. The van der Waals surface area contributed by atoms with Crippen LogP contribution in [-0.2, 0) is 4.74 Å². The molecule has 1 amide bonds. The van der Waals surface area contributed by atoms with Crippen LogP contribution in [0.25, 0.3) is 0 Å². The second kappa shape index (κ2) is 7.35. The molecule has 0 radical (unpaired) electrons. The molecule has 1 saturated carbocycles. The lowest BCUT2D eigenvalue weighted by Gasteiger charge is -2.42. The number of hydrogen-bond donors (Lipinski definition) is 1. The average molecular weight is 426 g/mol. The fourth-order valence-corrected chi connectivity index (χ4v) is 4.63. The van der Waals surface area contributed by atoms with E-state index in [1.54, 1.807) is 6.07 Å². The maximum atomic E-state index is 14.3. The predicted molar refractivity (Wildman–Crippen MR) is 116 cm³/mol. The van der Waals surface area contributed by atoms with Crippen molar-refractivity contribution in [1.29, 1.82) is 0 Å². The van der Waals surface area contributed by atoms with Crippen molar-refractivity contribution >= 4 is 23.4 Å². The molecule has 7 nitrogen and oxygen atoms in total.